The summed E-state index contributed by atoms with van der Waals surface area (Å²) in [6, 6.07) is 14.6. The van der Waals surface area contributed by atoms with Gasteiger partial charge in [0.25, 0.3) is 0 Å². The molecule has 1 atom stereocenters. The third kappa shape index (κ3) is 4.70. The minimum absolute atomic E-state index is 0.621. The predicted molar refractivity (Wildman–Crippen MR) is 87.4 cm³/mol. The lowest BCUT2D eigenvalue weighted by atomic mass is 10.3. The highest BCUT2D eigenvalue weighted by molar-refractivity contribution is 8.12. The Balaban J connectivity index is 2.12. The third-order valence-corrected chi connectivity index (χ3v) is 4.42. The van der Waals surface area contributed by atoms with Gasteiger partial charge in [0.2, 0.25) is 0 Å². The Hall–Kier alpha value is -0.730. The molecule has 100 valence electrons. The second-order valence-electron chi connectivity index (χ2n) is 4.02. The first-order chi connectivity index (χ1) is 8.94. The van der Waals surface area contributed by atoms with Crippen molar-refractivity contribution < 1.29 is 4.52 Å². The van der Waals surface area contributed by atoms with Gasteiger partial charge in [-0.25, -0.2) is 0 Å². The first-order valence-corrected chi connectivity index (χ1v) is 9.43. The number of anilines is 1. The van der Waals surface area contributed by atoms with E-state index in [4.69, 9.17) is 39.5 Å². The van der Waals surface area contributed by atoms with Gasteiger partial charge in [-0.15, -0.1) is 0 Å². The molecule has 0 saturated carbocycles. The minimum atomic E-state index is -2.21. The Morgan fingerprint density at radius 1 is 1.05 bits per heavy atom. The number of rotatable bonds is 4. The van der Waals surface area contributed by atoms with Crippen molar-refractivity contribution in [1.82, 2.24) is 0 Å². The minimum Gasteiger partial charge on any atom is -0.449 e. The molecule has 1 unspecified atom stereocenters. The zero-order valence-corrected chi connectivity index (χ0v) is 13.4. The van der Waals surface area contributed by atoms with Crippen LogP contribution in [-0.2, 0) is 11.8 Å². The highest BCUT2D eigenvalue weighted by Crippen LogP contribution is 2.44. The van der Waals surface area contributed by atoms with Crippen LogP contribution in [0.25, 0.3) is 0 Å². The summed E-state index contributed by atoms with van der Waals surface area (Å²) in [6.07, 6.45) is -2.21. The average molecular weight is 332 g/mol. The molecule has 0 spiro atoms. The molecule has 0 aliphatic rings. The summed E-state index contributed by atoms with van der Waals surface area (Å²) in [5.74, 6) is 0.660. The van der Waals surface area contributed by atoms with E-state index in [2.05, 4.69) is 5.09 Å². The largest absolute Gasteiger partial charge is 0.449 e. The van der Waals surface area contributed by atoms with Crippen LogP contribution in [-0.4, -0.2) is 6.66 Å². The van der Waals surface area contributed by atoms with Crippen LogP contribution in [0.5, 0.6) is 5.75 Å². The van der Waals surface area contributed by atoms with Gasteiger partial charge >= 0.3 is 0 Å². The summed E-state index contributed by atoms with van der Waals surface area (Å²) >= 11 is 17.3. The van der Waals surface area contributed by atoms with Crippen molar-refractivity contribution in [2.24, 2.45) is 0 Å². The molecule has 1 N–H and O–H groups in total. The Kier molecular flexibility index (Phi) is 4.75. The second-order valence-corrected chi connectivity index (χ2v) is 9.08. The fourth-order valence-corrected chi connectivity index (χ4v) is 3.65. The van der Waals surface area contributed by atoms with E-state index >= 15 is 0 Å². The molecular weight excluding hydrogens is 320 g/mol. The Labute approximate surface area is 127 Å². The fourth-order valence-electron chi connectivity index (χ4n) is 1.54. The highest BCUT2D eigenvalue weighted by atomic mass is 35.5. The molecule has 0 aliphatic carbocycles. The summed E-state index contributed by atoms with van der Waals surface area (Å²) in [7, 11) is 0. The van der Waals surface area contributed by atoms with Crippen LogP contribution in [0.1, 0.15) is 0 Å². The van der Waals surface area contributed by atoms with Gasteiger partial charge in [0.15, 0.2) is 6.42 Å². The molecule has 2 aromatic rings. The van der Waals surface area contributed by atoms with E-state index < -0.39 is 6.42 Å². The SMILES string of the molecule is CP(=S)(Nc1cccc(Cl)c1)Oc1cccc(Cl)c1. The van der Waals surface area contributed by atoms with Gasteiger partial charge in [0.1, 0.15) is 5.75 Å². The molecule has 0 amide bonds. The molecule has 0 bridgehead atoms. The van der Waals surface area contributed by atoms with E-state index in [1.807, 2.05) is 43.1 Å². The van der Waals surface area contributed by atoms with Crippen LogP contribution in [0.3, 0.4) is 0 Å². The Morgan fingerprint density at radius 2 is 1.68 bits per heavy atom. The van der Waals surface area contributed by atoms with Gasteiger partial charge in [-0.2, -0.15) is 0 Å². The van der Waals surface area contributed by atoms with E-state index in [9.17, 15) is 0 Å². The monoisotopic (exact) mass is 331 g/mol. The van der Waals surface area contributed by atoms with E-state index in [1.54, 1.807) is 12.1 Å². The van der Waals surface area contributed by atoms with Crippen LogP contribution in [0, 0.1) is 0 Å². The first-order valence-electron chi connectivity index (χ1n) is 5.51. The second kappa shape index (κ2) is 6.15. The summed E-state index contributed by atoms with van der Waals surface area (Å²) in [4.78, 5) is 0. The summed E-state index contributed by atoms with van der Waals surface area (Å²) in [5, 5.41) is 4.48. The normalized spacial score (nSPS) is 13.6. The van der Waals surface area contributed by atoms with E-state index in [-0.39, 0.29) is 0 Å². The van der Waals surface area contributed by atoms with Crippen LogP contribution in [0.15, 0.2) is 48.5 Å². The number of hydrogen-bond donors (Lipinski definition) is 1. The Morgan fingerprint density at radius 3 is 2.32 bits per heavy atom. The standard InChI is InChI=1S/C13H12Cl2NOPS/c1-18(19,16-12-6-2-4-10(14)8-12)17-13-7-3-5-11(15)9-13/h2-9H,1H3,(H,16,19). The van der Waals surface area contributed by atoms with Crippen LogP contribution >= 0.6 is 29.6 Å². The van der Waals surface area contributed by atoms with Crippen molar-refractivity contribution in [2.75, 3.05) is 11.8 Å². The molecule has 19 heavy (non-hydrogen) atoms. The number of benzene rings is 2. The van der Waals surface area contributed by atoms with Crippen molar-refractivity contribution in [2.45, 2.75) is 0 Å². The molecule has 0 heterocycles. The maximum Gasteiger partial charge on any atom is 0.199 e. The number of hydrogen-bond acceptors (Lipinski definition) is 2. The smallest absolute Gasteiger partial charge is 0.199 e. The maximum atomic E-state index is 5.93. The topological polar surface area (TPSA) is 21.3 Å². The summed E-state index contributed by atoms with van der Waals surface area (Å²) in [6.45, 7) is 1.87. The lowest BCUT2D eigenvalue weighted by Gasteiger charge is -2.21. The van der Waals surface area contributed by atoms with Gasteiger partial charge in [-0.05, 0) is 48.2 Å². The lowest BCUT2D eigenvalue weighted by molar-refractivity contribution is 0.620. The van der Waals surface area contributed by atoms with Crippen molar-refractivity contribution in [3.8, 4) is 5.75 Å². The molecule has 0 aromatic heterocycles. The molecule has 0 radical (unpaired) electrons. The molecule has 0 aliphatic heterocycles. The first kappa shape index (κ1) is 14.7. The van der Waals surface area contributed by atoms with E-state index in [1.165, 1.54) is 0 Å². The zero-order chi connectivity index (χ0) is 13.9. The predicted octanol–water partition coefficient (Wildman–Crippen LogP) is 5.42. The van der Waals surface area contributed by atoms with Gasteiger partial charge in [0.05, 0.1) is 0 Å². The van der Waals surface area contributed by atoms with Crippen molar-refractivity contribution >= 4 is 47.1 Å². The zero-order valence-electron chi connectivity index (χ0n) is 10.1. The van der Waals surface area contributed by atoms with Crippen molar-refractivity contribution in [3.63, 3.8) is 0 Å². The molecule has 0 fully saturated rings. The number of halogens is 2. The third-order valence-electron chi connectivity index (χ3n) is 2.23. The van der Waals surface area contributed by atoms with E-state index in [0.29, 0.717) is 15.8 Å². The quantitative estimate of drug-likeness (QED) is 0.755. The van der Waals surface area contributed by atoms with Crippen molar-refractivity contribution in [1.29, 1.82) is 0 Å². The molecular formula is C13H12Cl2NOPS. The van der Waals surface area contributed by atoms with E-state index in [0.717, 1.165) is 5.69 Å². The highest BCUT2D eigenvalue weighted by Gasteiger charge is 2.12. The lowest BCUT2D eigenvalue weighted by Crippen LogP contribution is -2.01. The molecule has 2 nitrogen and oxygen atoms in total. The van der Waals surface area contributed by atoms with Gasteiger partial charge in [-0.1, -0.05) is 35.3 Å². The van der Waals surface area contributed by atoms with Gasteiger partial charge in [0, 0.05) is 22.4 Å². The van der Waals surface area contributed by atoms with Gasteiger partial charge in [-0.3, -0.25) is 0 Å². The van der Waals surface area contributed by atoms with Crippen LogP contribution < -0.4 is 9.61 Å². The van der Waals surface area contributed by atoms with Crippen LogP contribution in [0.4, 0.5) is 5.69 Å². The average Bonchev–Trinajstić information content (AvgIpc) is 2.27. The molecule has 0 saturated heterocycles. The maximum absolute atomic E-state index is 5.93. The molecule has 2 aromatic carbocycles. The fraction of sp³-hybridized carbons (Fsp3) is 0.0769. The summed E-state index contributed by atoms with van der Waals surface area (Å²) in [5.41, 5.74) is 0.848. The van der Waals surface area contributed by atoms with Crippen LogP contribution in [0.2, 0.25) is 10.0 Å². The summed E-state index contributed by atoms with van der Waals surface area (Å²) < 4.78 is 5.81. The number of nitrogens with one attached hydrogen (secondary N) is 1. The molecule has 6 heteroatoms. The Bertz CT molecular complexity index is 584. The van der Waals surface area contributed by atoms with Gasteiger partial charge < -0.3 is 9.61 Å². The molecule has 2 rings (SSSR count). The van der Waals surface area contributed by atoms with Crippen molar-refractivity contribution in [3.05, 3.63) is 58.6 Å².